The summed E-state index contributed by atoms with van der Waals surface area (Å²) in [7, 11) is 0. The van der Waals surface area contributed by atoms with E-state index >= 15 is 0 Å². The first-order chi connectivity index (χ1) is 18.3. The Morgan fingerprint density at radius 1 is 0.351 bits per heavy atom. The number of rotatable bonds is 29. The Kier molecular flexibility index (Phi) is 25.0. The zero-order valence-corrected chi connectivity index (χ0v) is 26.1. The van der Waals surface area contributed by atoms with Crippen LogP contribution in [0.4, 0.5) is 0 Å². The Balaban J connectivity index is 2.21. The molecule has 0 aromatic carbocycles. The van der Waals surface area contributed by atoms with Crippen LogP contribution in [0.2, 0.25) is 0 Å². The standard InChI is InChI=1S/C35H70N2/c1-4-7-10-13-16-17-18-19-20-23-26-29-32-37-34-33-36(31-28-25-22-15-12-9-6-3)35(37)30-27-24-21-14-11-8-5-2/h33-35H,4-32H2,1-3H3. The van der Waals surface area contributed by atoms with Crippen LogP contribution >= 0.6 is 0 Å². The highest BCUT2D eigenvalue weighted by Crippen LogP contribution is 2.24. The number of nitrogens with zero attached hydrogens (tertiary/aromatic N) is 2. The van der Waals surface area contributed by atoms with Crippen LogP contribution in [0.3, 0.4) is 0 Å². The molecule has 0 bridgehead atoms. The van der Waals surface area contributed by atoms with Gasteiger partial charge in [-0.3, -0.25) is 0 Å². The van der Waals surface area contributed by atoms with Crippen LogP contribution in [-0.2, 0) is 0 Å². The summed E-state index contributed by atoms with van der Waals surface area (Å²) in [5.74, 6) is 0. The first-order valence-corrected chi connectivity index (χ1v) is 17.5. The zero-order valence-electron chi connectivity index (χ0n) is 26.1. The van der Waals surface area contributed by atoms with Crippen molar-refractivity contribution in [1.29, 1.82) is 0 Å². The summed E-state index contributed by atoms with van der Waals surface area (Å²) in [6.45, 7) is 9.47. The minimum absolute atomic E-state index is 0.642. The molecule has 0 saturated heterocycles. The quantitative estimate of drug-likeness (QED) is 0.0908. The third kappa shape index (κ3) is 20.0. The van der Waals surface area contributed by atoms with Crippen LogP contribution in [0.15, 0.2) is 12.4 Å². The second-order valence-electron chi connectivity index (χ2n) is 12.2. The summed E-state index contributed by atoms with van der Waals surface area (Å²) in [4.78, 5) is 5.40. The SMILES string of the molecule is CCCCCCCCCCCCCCN1C=CN(CCCCCCCCC)C1CCCCCCCCC. The van der Waals surface area contributed by atoms with Crippen molar-refractivity contribution in [2.45, 2.75) is 200 Å². The van der Waals surface area contributed by atoms with E-state index in [4.69, 9.17) is 0 Å². The van der Waals surface area contributed by atoms with Crippen molar-refractivity contribution in [2.24, 2.45) is 0 Å². The van der Waals surface area contributed by atoms with E-state index < -0.39 is 0 Å². The maximum atomic E-state index is 2.70. The van der Waals surface area contributed by atoms with Gasteiger partial charge in [-0.2, -0.15) is 0 Å². The van der Waals surface area contributed by atoms with Crippen LogP contribution in [0.1, 0.15) is 194 Å². The lowest BCUT2D eigenvalue weighted by molar-refractivity contribution is 0.135. The molecule has 0 aromatic rings. The molecule has 0 saturated carbocycles. The predicted molar refractivity (Wildman–Crippen MR) is 168 cm³/mol. The highest BCUT2D eigenvalue weighted by atomic mass is 15.4. The normalized spacial score (nSPS) is 15.4. The van der Waals surface area contributed by atoms with E-state index in [1.54, 1.807) is 0 Å². The molecule has 2 nitrogen and oxygen atoms in total. The van der Waals surface area contributed by atoms with Crippen molar-refractivity contribution in [3.05, 3.63) is 12.4 Å². The van der Waals surface area contributed by atoms with Crippen molar-refractivity contribution in [2.75, 3.05) is 13.1 Å². The van der Waals surface area contributed by atoms with E-state index in [1.165, 1.54) is 186 Å². The third-order valence-corrected chi connectivity index (χ3v) is 8.57. The first-order valence-electron chi connectivity index (χ1n) is 17.5. The molecule has 1 unspecified atom stereocenters. The van der Waals surface area contributed by atoms with E-state index in [-0.39, 0.29) is 0 Å². The molecule has 0 radical (unpaired) electrons. The second-order valence-corrected chi connectivity index (χ2v) is 12.2. The van der Waals surface area contributed by atoms with Crippen molar-refractivity contribution in [3.63, 3.8) is 0 Å². The second kappa shape index (κ2) is 26.9. The summed E-state index contributed by atoms with van der Waals surface area (Å²) in [5.41, 5.74) is 0. The molecular formula is C35H70N2. The van der Waals surface area contributed by atoms with E-state index in [2.05, 4.69) is 43.0 Å². The lowest BCUT2D eigenvalue weighted by Crippen LogP contribution is -2.39. The van der Waals surface area contributed by atoms with Crippen LogP contribution in [-0.4, -0.2) is 29.1 Å². The molecule has 1 atom stereocenters. The van der Waals surface area contributed by atoms with Gasteiger partial charge in [0.1, 0.15) is 6.17 Å². The fraction of sp³-hybridized carbons (Fsp3) is 0.943. The molecule has 0 amide bonds. The number of unbranched alkanes of at least 4 members (excludes halogenated alkanes) is 23. The van der Waals surface area contributed by atoms with Gasteiger partial charge in [0.15, 0.2) is 0 Å². The molecular weight excluding hydrogens is 448 g/mol. The number of hydrogen-bond acceptors (Lipinski definition) is 2. The molecule has 0 N–H and O–H groups in total. The van der Waals surface area contributed by atoms with Gasteiger partial charge in [0, 0.05) is 25.5 Å². The summed E-state index contributed by atoms with van der Waals surface area (Å²) < 4.78 is 0. The molecule has 0 spiro atoms. The van der Waals surface area contributed by atoms with Gasteiger partial charge in [-0.15, -0.1) is 0 Å². The van der Waals surface area contributed by atoms with Gasteiger partial charge >= 0.3 is 0 Å². The average Bonchev–Trinajstić information content (AvgIpc) is 3.29. The molecule has 0 aliphatic carbocycles. The Bertz CT molecular complexity index is 474. The molecule has 220 valence electrons. The van der Waals surface area contributed by atoms with Gasteiger partial charge < -0.3 is 9.80 Å². The number of hydrogen-bond donors (Lipinski definition) is 0. The van der Waals surface area contributed by atoms with Crippen LogP contribution in [0.25, 0.3) is 0 Å². The van der Waals surface area contributed by atoms with Gasteiger partial charge in [-0.1, -0.05) is 168 Å². The Labute approximate surface area is 235 Å². The van der Waals surface area contributed by atoms with Gasteiger partial charge in [-0.25, -0.2) is 0 Å². The monoisotopic (exact) mass is 519 g/mol. The molecule has 1 aliphatic heterocycles. The van der Waals surface area contributed by atoms with Gasteiger partial charge in [0.2, 0.25) is 0 Å². The minimum atomic E-state index is 0.642. The lowest BCUT2D eigenvalue weighted by Gasteiger charge is -2.33. The maximum Gasteiger partial charge on any atom is 0.101 e. The molecule has 1 heterocycles. The molecule has 0 aromatic heterocycles. The van der Waals surface area contributed by atoms with Crippen LogP contribution in [0.5, 0.6) is 0 Å². The highest BCUT2D eigenvalue weighted by molar-refractivity contribution is 4.97. The van der Waals surface area contributed by atoms with Crippen molar-refractivity contribution >= 4 is 0 Å². The third-order valence-electron chi connectivity index (χ3n) is 8.57. The zero-order chi connectivity index (χ0) is 26.7. The summed E-state index contributed by atoms with van der Waals surface area (Å²) >= 11 is 0. The van der Waals surface area contributed by atoms with Crippen molar-refractivity contribution in [3.8, 4) is 0 Å². The lowest BCUT2D eigenvalue weighted by atomic mass is 10.0. The molecule has 1 aliphatic rings. The predicted octanol–water partition coefficient (Wildman–Crippen LogP) is 12.0. The van der Waals surface area contributed by atoms with E-state index in [0.717, 1.165) is 0 Å². The molecule has 2 heteroatoms. The van der Waals surface area contributed by atoms with E-state index in [0.29, 0.717) is 6.17 Å². The van der Waals surface area contributed by atoms with Crippen molar-refractivity contribution in [1.82, 2.24) is 9.80 Å². The van der Waals surface area contributed by atoms with E-state index in [1.807, 2.05) is 0 Å². The largest absolute Gasteiger partial charge is 0.356 e. The highest BCUT2D eigenvalue weighted by Gasteiger charge is 2.24. The van der Waals surface area contributed by atoms with E-state index in [9.17, 15) is 0 Å². The Hall–Kier alpha value is -0.660. The smallest absolute Gasteiger partial charge is 0.101 e. The Morgan fingerprint density at radius 3 is 0.946 bits per heavy atom. The van der Waals surface area contributed by atoms with Gasteiger partial charge in [-0.05, 0) is 25.7 Å². The summed E-state index contributed by atoms with van der Waals surface area (Å²) in [5, 5.41) is 0. The molecule has 1 rings (SSSR count). The topological polar surface area (TPSA) is 6.48 Å². The fourth-order valence-corrected chi connectivity index (χ4v) is 6.01. The maximum absolute atomic E-state index is 2.70. The minimum Gasteiger partial charge on any atom is -0.356 e. The summed E-state index contributed by atoms with van der Waals surface area (Å²) in [6, 6.07) is 0. The first kappa shape index (κ1) is 34.4. The fourth-order valence-electron chi connectivity index (χ4n) is 6.01. The van der Waals surface area contributed by atoms with Gasteiger partial charge in [0.25, 0.3) is 0 Å². The van der Waals surface area contributed by atoms with Crippen molar-refractivity contribution < 1.29 is 0 Å². The van der Waals surface area contributed by atoms with Gasteiger partial charge in [0.05, 0.1) is 0 Å². The summed E-state index contributed by atoms with van der Waals surface area (Å²) in [6.07, 6.45) is 44.0. The molecule has 0 fully saturated rings. The Morgan fingerprint density at radius 2 is 0.622 bits per heavy atom. The van der Waals surface area contributed by atoms with Crippen LogP contribution in [0, 0.1) is 0 Å². The van der Waals surface area contributed by atoms with Crippen LogP contribution < -0.4 is 0 Å². The molecule has 37 heavy (non-hydrogen) atoms. The average molecular weight is 519 g/mol.